The lowest BCUT2D eigenvalue weighted by Gasteiger charge is -2.04. The second-order valence-corrected chi connectivity index (χ2v) is 4.84. The molecule has 0 unspecified atom stereocenters. The fourth-order valence-corrected chi connectivity index (χ4v) is 2.18. The summed E-state index contributed by atoms with van der Waals surface area (Å²) in [5, 5.41) is 0.637. The summed E-state index contributed by atoms with van der Waals surface area (Å²) in [6.07, 6.45) is 1.55. The Kier molecular flexibility index (Phi) is 2.71. The van der Waals surface area contributed by atoms with Gasteiger partial charge in [0.25, 0.3) is 0 Å². The van der Waals surface area contributed by atoms with Crippen LogP contribution in [0.1, 0.15) is 11.1 Å². The molecule has 3 aromatic rings. The fraction of sp³-hybridized carbons (Fsp3) is 0.118. The van der Waals surface area contributed by atoms with E-state index >= 15 is 0 Å². The zero-order chi connectivity index (χ0) is 13.4. The van der Waals surface area contributed by atoms with Gasteiger partial charge < -0.3 is 4.42 Å². The molecule has 2 nitrogen and oxygen atoms in total. The Morgan fingerprint density at radius 2 is 1.58 bits per heavy atom. The van der Waals surface area contributed by atoms with E-state index in [1.807, 2.05) is 56.3 Å². The number of rotatable bonds is 1. The highest BCUT2D eigenvalue weighted by Gasteiger charge is 2.08. The van der Waals surface area contributed by atoms with E-state index in [0.29, 0.717) is 16.5 Å². The topological polar surface area (TPSA) is 30.2 Å². The Morgan fingerprint density at radius 3 is 2.32 bits per heavy atom. The van der Waals surface area contributed by atoms with Crippen molar-refractivity contribution in [2.24, 2.45) is 0 Å². The van der Waals surface area contributed by atoms with Crippen LogP contribution in [0.3, 0.4) is 0 Å². The molecule has 0 aliphatic carbocycles. The van der Waals surface area contributed by atoms with Gasteiger partial charge in [-0.1, -0.05) is 41.5 Å². The highest BCUT2D eigenvalue weighted by atomic mass is 16.3. The van der Waals surface area contributed by atoms with Crippen LogP contribution in [-0.4, -0.2) is 0 Å². The molecule has 94 valence electrons. The first-order valence-corrected chi connectivity index (χ1v) is 6.24. The van der Waals surface area contributed by atoms with Crippen molar-refractivity contribution in [3.05, 3.63) is 70.1 Å². The van der Waals surface area contributed by atoms with E-state index in [0.717, 1.165) is 11.1 Å². The summed E-state index contributed by atoms with van der Waals surface area (Å²) in [4.78, 5) is 12.5. The Labute approximate surface area is 111 Å². The quantitative estimate of drug-likeness (QED) is 0.651. The molecule has 0 saturated carbocycles. The van der Waals surface area contributed by atoms with Crippen molar-refractivity contribution in [3.8, 4) is 11.1 Å². The Morgan fingerprint density at radius 1 is 0.895 bits per heavy atom. The predicted molar refractivity (Wildman–Crippen MR) is 77.4 cm³/mol. The normalized spacial score (nSPS) is 10.8. The fourth-order valence-electron chi connectivity index (χ4n) is 2.18. The van der Waals surface area contributed by atoms with Crippen molar-refractivity contribution in [3.63, 3.8) is 0 Å². The molecule has 0 spiro atoms. The van der Waals surface area contributed by atoms with E-state index in [9.17, 15) is 4.79 Å². The average molecular weight is 250 g/mol. The van der Waals surface area contributed by atoms with Gasteiger partial charge >= 0.3 is 0 Å². The summed E-state index contributed by atoms with van der Waals surface area (Å²) < 4.78 is 5.56. The molecule has 0 fully saturated rings. The number of hydrogen-bond donors (Lipinski definition) is 0. The maximum absolute atomic E-state index is 12.5. The predicted octanol–water partition coefficient (Wildman–Crippen LogP) is 4.08. The Hall–Kier alpha value is -2.35. The lowest BCUT2D eigenvalue weighted by atomic mass is 10.0. The van der Waals surface area contributed by atoms with Crippen LogP contribution in [-0.2, 0) is 0 Å². The van der Waals surface area contributed by atoms with Crippen molar-refractivity contribution >= 4 is 11.0 Å². The molecule has 19 heavy (non-hydrogen) atoms. The number of aryl methyl sites for hydroxylation is 2. The zero-order valence-electron chi connectivity index (χ0n) is 10.9. The molecule has 0 amide bonds. The molecule has 0 N–H and O–H groups in total. The summed E-state index contributed by atoms with van der Waals surface area (Å²) in [7, 11) is 0. The van der Waals surface area contributed by atoms with E-state index in [4.69, 9.17) is 4.42 Å². The van der Waals surface area contributed by atoms with Gasteiger partial charge in [-0.15, -0.1) is 0 Å². The van der Waals surface area contributed by atoms with Crippen LogP contribution in [0, 0.1) is 13.8 Å². The van der Waals surface area contributed by atoms with Crippen LogP contribution in [0.2, 0.25) is 0 Å². The maximum atomic E-state index is 12.5. The smallest absolute Gasteiger partial charge is 0.200 e. The molecule has 1 heterocycles. The molecule has 2 heteroatoms. The monoisotopic (exact) mass is 250 g/mol. The molecular formula is C17H14O2. The molecular weight excluding hydrogens is 236 g/mol. The van der Waals surface area contributed by atoms with Crippen LogP contribution >= 0.6 is 0 Å². The molecule has 0 bridgehead atoms. The first-order chi connectivity index (χ1) is 9.15. The van der Waals surface area contributed by atoms with E-state index < -0.39 is 0 Å². The van der Waals surface area contributed by atoms with Crippen LogP contribution in [0.15, 0.2) is 57.9 Å². The highest BCUT2D eigenvalue weighted by molar-refractivity contribution is 5.82. The van der Waals surface area contributed by atoms with Gasteiger partial charge in [0.15, 0.2) is 5.43 Å². The molecule has 0 radical (unpaired) electrons. The summed E-state index contributed by atoms with van der Waals surface area (Å²) in [5.41, 5.74) is 4.38. The van der Waals surface area contributed by atoms with Gasteiger partial charge in [0.05, 0.1) is 10.9 Å². The summed E-state index contributed by atoms with van der Waals surface area (Å²) in [6, 6.07) is 13.5. The van der Waals surface area contributed by atoms with Crippen molar-refractivity contribution in [2.45, 2.75) is 13.8 Å². The minimum Gasteiger partial charge on any atom is -0.463 e. The lowest BCUT2D eigenvalue weighted by molar-refractivity contribution is 0.604. The SMILES string of the molecule is Cc1ccc(-c2coc3ccc(C)cc3c2=O)cc1. The summed E-state index contributed by atoms with van der Waals surface area (Å²) in [5.74, 6) is 0. The number of benzene rings is 2. The molecule has 0 aliphatic rings. The standard InChI is InChI=1S/C17H14O2/c1-11-3-6-13(7-4-11)15-10-19-16-8-5-12(2)9-14(16)17(15)18/h3-10H,1-2H3. The first-order valence-electron chi connectivity index (χ1n) is 6.24. The lowest BCUT2D eigenvalue weighted by Crippen LogP contribution is -2.04. The van der Waals surface area contributed by atoms with Gasteiger partial charge in [-0.05, 0) is 31.5 Å². The minimum atomic E-state index is 0.0220. The van der Waals surface area contributed by atoms with Crippen molar-refractivity contribution in [1.82, 2.24) is 0 Å². The third-order valence-electron chi connectivity index (χ3n) is 3.29. The van der Waals surface area contributed by atoms with Gasteiger partial charge in [-0.2, -0.15) is 0 Å². The molecule has 0 atom stereocenters. The van der Waals surface area contributed by atoms with Gasteiger partial charge in [-0.25, -0.2) is 0 Å². The second kappa shape index (κ2) is 4.39. The number of fused-ring (bicyclic) bond motifs is 1. The first kappa shape index (κ1) is 11.7. The third-order valence-corrected chi connectivity index (χ3v) is 3.29. The third kappa shape index (κ3) is 2.06. The van der Waals surface area contributed by atoms with Crippen molar-refractivity contribution < 1.29 is 4.42 Å². The summed E-state index contributed by atoms with van der Waals surface area (Å²) in [6.45, 7) is 3.99. The second-order valence-electron chi connectivity index (χ2n) is 4.84. The van der Waals surface area contributed by atoms with E-state index in [2.05, 4.69) is 0 Å². The Balaban J connectivity index is 2.28. The molecule has 1 aromatic heterocycles. The van der Waals surface area contributed by atoms with E-state index in [-0.39, 0.29) is 5.43 Å². The molecule has 0 saturated heterocycles. The van der Waals surface area contributed by atoms with Gasteiger partial charge in [0, 0.05) is 0 Å². The van der Waals surface area contributed by atoms with Crippen LogP contribution in [0.4, 0.5) is 0 Å². The highest BCUT2D eigenvalue weighted by Crippen LogP contribution is 2.20. The van der Waals surface area contributed by atoms with Gasteiger partial charge in [-0.3, -0.25) is 4.79 Å². The van der Waals surface area contributed by atoms with E-state index in [1.165, 1.54) is 5.56 Å². The average Bonchev–Trinajstić information content (AvgIpc) is 2.41. The van der Waals surface area contributed by atoms with Crippen LogP contribution < -0.4 is 5.43 Å². The summed E-state index contributed by atoms with van der Waals surface area (Å²) >= 11 is 0. The van der Waals surface area contributed by atoms with Gasteiger partial charge in [0.2, 0.25) is 0 Å². The largest absolute Gasteiger partial charge is 0.463 e. The minimum absolute atomic E-state index is 0.0220. The number of hydrogen-bond acceptors (Lipinski definition) is 2. The molecule has 3 rings (SSSR count). The zero-order valence-corrected chi connectivity index (χ0v) is 10.9. The van der Waals surface area contributed by atoms with E-state index in [1.54, 1.807) is 6.26 Å². The van der Waals surface area contributed by atoms with Crippen molar-refractivity contribution in [1.29, 1.82) is 0 Å². The molecule has 0 aliphatic heterocycles. The van der Waals surface area contributed by atoms with Crippen LogP contribution in [0.5, 0.6) is 0 Å². The Bertz CT molecular complexity index is 796. The molecule has 2 aromatic carbocycles. The van der Waals surface area contributed by atoms with Crippen LogP contribution in [0.25, 0.3) is 22.1 Å². The van der Waals surface area contributed by atoms with Gasteiger partial charge in [0.1, 0.15) is 11.8 Å². The van der Waals surface area contributed by atoms with Crippen molar-refractivity contribution in [2.75, 3.05) is 0 Å². The maximum Gasteiger partial charge on any atom is 0.200 e.